The number of fused-ring (bicyclic) bond motifs is 5. The van der Waals surface area contributed by atoms with Gasteiger partial charge < -0.3 is 14.8 Å². The minimum absolute atomic E-state index is 0.0508. The van der Waals surface area contributed by atoms with E-state index < -0.39 is 0 Å². The zero-order chi connectivity index (χ0) is 20.0. The summed E-state index contributed by atoms with van der Waals surface area (Å²) >= 11 is 6.32. The molecule has 2 heterocycles. The molecule has 0 saturated carbocycles. The molecule has 148 valence electrons. The van der Waals surface area contributed by atoms with Gasteiger partial charge in [-0.3, -0.25) is 4.90 Å². The van der Waals surface area contributed by atoms with Crippen LogP contribution in [0.5, 0.6) is 11.5 Å². The van der Waals surface area contributed by atoms with E-state index in [1.165, 1.54) is 22.3 Å². The lowest BCUT2D eigenvalue weighted by atomic mass is 9.84. The average molecular weight is 407 g/mol. The smallest absolute Gasteiger partial charge is 0.161 e. The second-order valence-corrected chi connectivity index (χ2v) is 7.92. The van der Waals surface area contributed by atoms with Crippen LogP contribution < -0.4 is 14.8 Å². The number of ether oxygens (including phenoxy) is 2. The molecule has 4 nitrogen and oxygen atoms in total. The van der Waals surface area contributed by atoms with Crippen molar-refractivity contribution in [2.24, 2.45) is 0 Å². The van der Waals surface area contributed by atoms with Gasteiger partial charge in [-0.2, -0.15) is 0 Å². The highest BCUT2D eigenvalue weighted by Crippen LogP contribution is 2.48. The molecular formula is C24H23ClN2O2. The van der Waals surface area contributed by atoms with E-state index in [1.54, 1.807) is 14.2 Å². The minimum atomic E-state index is 0.0508. The molecule has 0 aromatic heterocycles. The molecule has 0 bridgehead atoms. The van der Waals surface area contributed by atoms with Gasteiger partial charge >= 0.3 is 0 Å². The molecule has 2 aliphatic heterocycles. The summed E-state index contributed by atoms with van der Waals surface area (Å²) in [5.41, 5.74) is 6.18. The summed E-state index contributed by atoms with van der Waals surface area (Å²) in [4.78, 5) is 2.52. The summed E-state index contributed by atoms with van der Waals surface area (Å²) in [6.45, 7) is 0.936. The van der Waals surface area contributed by atoms with Crippen molar-refractivity contribution in [1.29, 1.82) is 0 Å². The highest BCUT2D eigenvalue weighted by molar-refractivity contribution is 6.30. The van der Waals surface area contributed by atoms with Crippen LogP contribution in [0, 0.1) is 0 Å². The third-order valence-electron chi connectivity index (χ3n) is 5.95. The van der Waals surface area contributed by atoms with Gasteiger partial charge in [0.05, 0.1) is 20.3 Å². The van der Waals surface area contributed by atoms with Gasteiger partial charge in [0.25, 0.3) is 0 Å². The number of hydrogen-bond acceptors (Lipinski definition) is 4. The molecule has 29 heavy (non-hydrogen) atoms. The van der Waals surface area contributed by atoms with Crippen LogP contribution in [-0.4, -0.2) is 25.7 Å². The molecule has 3 aromatic carbocycles. The Morgan fingerprint density at radius 1 is 0.931 bits per heavy atom. The highest BCUT2D eigenvalue weighted by atomic mass is 35.5. The van der Waals surface area contributed by atoms with Crippen LogP contribution in [0.4, 0.5) is 5.69 Å². The van der Waals surface area contributed by atoms with Crippen LogP contribution in [0.25, 0.3) is 0 Å². The fraction of sp³-hybridized carbons (Fsp3) is 0.250. The first-order valence-electron chi connectivity index (χ1n) is 9.81. The lowest BCUT2D eigenvalue weighted by molar-refractivity contribution is 0.153. The Morgan fingerprint density at radius 2 is 1.72 bits per heavy atom. The number of benzene rings is 3. The Bertz CT molecular complexity index is 1070. The quantitative estimate of drug-likeness (QED) is 0.628. The van der Waals surface area contributed by atoms with Crippen molar-refractivity contribution in [3.05, 3.63) is 87.9 Å². The standard InChI is InChI=1S/C24H23ClN2O2/c1-28-21-13-15-10-11-27-23(19(15)14-22(21)29-2)18-8-3-4-9-20(18)26-24(27)16-6-5-7-17(25)12-16/h3-9,12-14,23-24,26H,10-11H2,1-2H3. The predicted octanol–water partition coefficient (Wildman–Crippen LogP) is 5.43. The number of para-hydroxylation sites is 1. The molecule has 2 aliphatic rings. The van der Waals surface area contributed by atoms with Crippen LogP contribution in [0.1, 0.15) is 34.5 Å². The van der Waals surface area contributed by atoms with Crippen molar-refractivity contribution in [3.8, 4) is 11.5 Å². The van der Waals surface area contributed by atoms with Crippen LogP contribution >= 0.6 is 11.6 Å². The van der Waals surface area contributed by atoms with E-state index in [-0.39, 0.29) is 12.2 Å². The maximum absolute atomic E-state index is 6.32. The maximum Gasteiger partial charge on any atom is 0.161 e. The van der Waals surface area contributed by atoms with Gasteiger partial charge in [-0.1, -0.05) is 41.9 Å². The minimum Gasteiger partial charge on any atom is -0.493 e. The average Bonchev–Trinajstić information content (AvgIpc) is 2.77. The van der Waals surface area contributed by atoms with Crippen molar-refractivity contribution in [1.82, 2.24) is 4.90 Å². The lowest BCUT2D eigenvalue weighted by Crippen LogP contribution is -2.45. The summed E-state index contributed by atoms with van der Waals surface area (Å²) in [5.74, 6) is 1.55. The third kappa shape index (κ3) is 3.04. The lowest BCUT2D eigenvalue weighted by Gasteiger charge is -2.47. The van der Waals surface area contributed by atoms with Gasteiger partial charge in [0.2, 0.25) is 0 Å². The molecule has 0 radical (unpaired) electrons. The fourth-order valence-corrected chi connectivity index (χ4v) is 4.84. The van der Waals surface area contributed by atoms with Crippen molar-refractivity contribution >= 4 is 17.3 Å². The van der Waals surface area contributed by atoms with Crippen molar-refractivity contribution in [3.63, 3.8) is 0 Å². The number of nitrogens with zero attached hydrogens (tertiary/aromatic N) is 1. The summed E-state index contributed by atoms with van der Waals surface area (Å²) in [6.07, 6.45) is 1.00. The first-order valence-corrected chi connectivity index (χ1v) is 10.2. The van der Waals surface area contributed by atoms with E-state index in [9.17, 15) is 0 Å². The molecule has 0 amide bonds. The Balaban J connectivity index is 1.68. The molecule has 2 atom stereocenters. The molecule has 5 heteroatoms. The van der Waals surface area contributed by atoms with Crippen LogP contribution in [0.2, 0.25) is 5.02 Å². The van der Waals surface area contributed by atoms with Gasteiger partial charge in [0, 0.05) is 17.3 Å². The Kier molecular flexibility index (Phi) is 4.61. The topological polar surface area (TPSA) is 33.7 Å². The first kappa shape index (κ1) is 18.3. The van der Waals surface area contributed by atoms with Gasteiger partial charge in [-0.05, 0) is 59.0 Å². The zero-order valence-electron chi connectivity index (χ0n) is 16.5. The summed E-state index contributed by atoms with van der Waals surface area (Å²) < 4.78 is 11.2. The normalized spacial score (nSPS) is 20.1. The maximum atomic E-state index is 6.32. The SMILES string of the molecule is COc1cc2c(cc1OC)C1c3ccccc3NC(c3cccc(Cl)c3)N1CC2. The molecule has 0 saturated heterocycles. The summed E-state index contributed by atoms with van der Waals surface area (Å²) in [5, 5.41) is 4.49. The first-order chi connectivity index (χ1) is 14.2. The van der Waals surface area contributed by atoms with E-state index >= 15 is 0 Å². The summed E-state index contributed by atoms with van der Waals surface area (Å²) in [7, 11) is 3.38. The Morgan fingerprint density at radius 3 is 2.52 bits per heavy atom. The molecule has 1 N–H and O–H groups in total. The zero-order valence-corrected chi connectivity index (χ0v) is 17.2. The molecule has 0 fully saturated rings. The van der Waals surface area contributed by atoms with Crippen molar-refractivity contribution < 1.29 is 9.47 Å². The molecular weight excluding hydrogens is 384 g/mol. The van der Waals surface area contributed by atoms with E-state index in [0.29, 0.717) is 0 Å². The highest BCUT2D eigenvalue weighted by Gasteiger charge is 2.39. The van der Waals surface area contributed by atoms with E-state index in [4.69, 9.17) is 21.1 Å². The number of rotatable bonds is 3. The number of hydrogen-bond donors (Lipinski definition) is 1. The van der Waals surface area contributed by atoms with Gasteiger partial charge in [-0.15, -0.1) is 0 Å². The van der Waals surface area contributed by atoms with Gasteiger partial charge in [-0.25, -0.2) is 0 Å². The molecule has 2 unspecified atom stereocenters. The van der Waals surface area contributed by atoms with Gasteiger partial charge in [0.15, 0.2) is 11.5 Å². The number of halogens is 1. The Hall–Kier alpha value is -2.69. The van der Waals surface area contributed by atoms with E-state index in [0.717, 1.165) is 35.2 Å². The number of methoxy groups -OCH3 is 2. The third-order valence-corrected chi connectivity index (χ3v) is 6.19. The van der Waals surface area contributed by atoms with Crippen molar-refractivity contribution in [2.45, 2.75) is 18.6 Å². The second-order valence-electron chi connectivity index (χ2n) is 7.49. The van der Waals surface area contributed by atoms with Crippen molar-refractivity contribution in [2.75, 3.05) is 26.1 Å². The molecule has 0 aliphatic carbocycles. The second kappa shape index (κ2) is 7.29. The van der Waals surface area contributed by atoms with Gasteiger partial charge in [0.1, 0.15) is 6.17 Å². The van der Waals surface area contributed by atoms with Crippen LogP contribution in [0.15, 0.2) is 60.7 Å². The van der Waals surface area contributed by atoms with E-state index in [1.807, 2.05) is 18.2 Å². The Labute approximate surface area is 176 Å². The number of nitrogens with one attached hydrogen (secondary N) is 1. The predicted molar refractivity (Wildman–Crippen MR) is 116 cm³/mol. The molecule has 0 spiro atoms. The fourth-order valence-electron chi connectivity index (χ4n) is 4.64. The number of anilines is 1. The molecule has 3 aromatic rings. The van der Waals surface area contributed by atoms with Crippen LogP contribution in [0.3, 0.4) is 0 Å². The monoisotopic (exact) mass is 406 g/mol. The summed E-state index contributed by atoms with van der Waals surface area (Å²) in [6, 6.07) is 21.1. The van der Waals surface area contributed by atoms with Crippen LogP contribution in [-0.2, 0) is 6.42 Å². The van der Waals surface area contributed by atoms with E-state index in [2.05, 4.69) is 52.7 Å². The largest absolute Gasteiger partial charge is 0.493 e. The molecule has 5 rings (SSSR count).